The summed E-state index contributed by atoms with van der Waals surface area (Å²) in [6, 6.07) is 13.7. The Bertz CT molecular complexity index is 785. The van der Waals surface area contributed by atoms with Crippen LogP contribution in [0.4, 0.5) is 5.13 Å². The zero-order valence-corrected chi connectivity index (χ0v) is 12.2. The first-order chi connectivity index (χ1) is 10.2. The molecule has 21 heavy (non-hydrogen) atoms. The van der Waals surface area contributed by atoms with Crippen LogP contribution in [0.2, 0.25) is 0 Å². The minimum Gasteiger partial charge on any atom is -0.484 e. The number of hydrogen-bond acceptors (Lipinski definition) is 5. The maximum atomic E-state index is 11.8. The van der Waals surface area contributed by atoms with E-state index in [9.17, 15) is 4.79 Å². The summed E-state index contributed by atoms with van der Waals surface area (Å²) in [5, 5.41) is 13.8. The first-order valence-corrected chi connectivity index (χ1v) is 7.24. The first kappa shape index (κ1) is 13.5. The molecule has 0 radical (unpaired) electrons. The second kappa shape index (κ2) is 5.88. The Balaban J connectivity index is 1.61. The first-order valence-electron chi connectivity index (χ1n) is 6.42. The highest BCUT2D eigenvalue weighted by Crippen LogP contribution is 2.20. The SMILES string of the molecule is Cc1nnc(NC(=O)COc2ccc3ccccc3c2)s1. The summed E-state index contributed by atoms with van der Waals surface area (Å²) in [4.78, 5) is 11.8. The van der Waals surface area contributed by atoms with Crippen LogP contribution in [-0.4, -0.2) is 22.7 Å². The topological polar surface area (TPSA) is 64.1 Å². The van der Waals surface area contributed by atoms with Crippen LogP contribution in [0.3, 0.4) is 0 Å². The molecule has 1 amide bonds. The average Bonchev–Trinajstić information content (AvgIpc) is 2.90. The lowest BCUT2D eigenvalue weighted by Gasteiger charge is -2.06. The van der Waals surface area contributed by atoms with Crippen LogP contribution in [0.5, 0.6) is 5.75 Å². The molecule has 3 rings (SSSR count). The van der Waals surface area contributed by atoms with Gasteiger partial charge in [0.15, 0.2) is 6.61 Å². The van der Waals surface area contributed by atoms with Crippen molar-refractivity contribution in [3.8, 4) is 5.75 Å². The highest BCUT2D eigenvalue weighted by Gasteiger charge is 2.07. The van der Waals surface area contributed by atoms with Crippen molar-refractivity contribution in [2.45, 2.75) is 6.92 Å². The van der Waals surface area contributed by atoms with E-state index in [4.69, 9.17) is 4.74 Å². The number of fused-ring (bicyclic) bond motifs is 1. The fourth-order valence-corrected chi connectivity index (χ4v) is 2.52. The van der Waals surface area contributed by atoms with Gasteiger partial charge in [-0.25, -0.2) is 0 Å². The Labute approximate surface area is 125 Å². The Morgan fingerprint density at radius 3 is 2.76 bits per heavy atom. The van der Waals surface area contributed by atoms with Crippen LogP contribution in [0.1, 0.15) is 5.01 Å². The molecule has 1 aromatic heterocycles. The molecule has 0 unspecified atom stereocenters. The Kier molecular flexibility index (Phi) is 3.79. The van der Waals surface area contributed by atoms with Crippen molar-refractivity contribution in [1.82, 2.24) is 10.2 Å². The molecule has 106 valence electrons. The van der Waals surface area contributed by atoms with Gasteiger partial charge in [0.1, 0.15) is 10.8 Å². The summed E-state index contributed by atoms with van der Waals surface area (Å²) in [6.07, 6.45) is 0. The number of aromatic nitrogens is 2. The van der Waals surface area contributed by atoms with Gasteiger partial charge in [-0.05, 0) is 29.8 Å². The lowest BCUT2D eigenvalue weighted by atomic mass is 10.1. The summed E-state index contributed by atoms with van der Waals surface area (Å²) in [5.41, 5.74) is 0. The highest BCUT2D eigenvalue weighted by molar-refractivity contribution is 7.15. The van der Waals surface area contributed by atoms with Gasteiger partial charge in [0.2, 0.25) is 5.13 Å². The van der Waals surface area contributed by atoms with Crippen molar-refractivity contribution in [2.75, 3.05) is 11.9 Å². The normalized spacial score (nSPS) is 10.5. The second-order valence-electron chi connectivity index (χ2n) is 4.47. The molecule has 0 saturated heterocycles. The van der Waals surface area contributed by atoms with Crippen molar-refractivity contribution in [3.63, 3.8) is 0 Å². The molecular weight excluding hydrogens is 286 g/mol. The fraction of sp³-hybridized carbons (Fsp3) is 0.133. The Hall–Kier alpha value is -2.47. The molecule has 2 aromatic carbocycles. The van der Waals surface area contributed by atoms with Crippen molar-refractivity contribution in [1.29, 1.82) is 0 Å². The van der Waals surface area contributed by atoms with Gasteiger partial charge in [-0.1, -0.05) is 41.7 Å². The fourth-order valence-electron chi connectivity index (χ4n) is 1.91. The minimum atomic E-state index is -0.251. The standard InChI is InChI=1S/C15H13N3O2S/c1-10-17-18-15(21-10)16-14(19)9-20-13-7-6-11-4-2-3-5-12(11)8-13/h2-8H,9H2,1H3,(H,16,18,19). The number of benzene rings is 2. The predicted molar refractivity (Wildman–Crippen MR) is 82.7 cm³/mol. The maximum Gasteiger partial charge on any atom is 0.264 e. The number of carbonyl (C=O) groups is 1. The third kappa shape index (κ3) is 3.35. The number of anilines is 1. The molecule has 0 fully saturated rings. The van der Waals surface area contributed by atoms with E-state index in [2.05, 4.69) is 15.5 Å². The zero-order valence-electron chi connectivity index (χ0n) is 11.4. The average molecular weight is 299 g/mol. The Morgan fingerprint density at radius 1 is 1.19 bits per heavy atom. The number of aryl methyl sites for hydroxylation is 1. The van der Waals surface area contributed by atoms with E-state index < -0.39 is 0 Å². The molecule has 3 aromatic rings. The van der Waals surface area contributed by atoms with E-state index in [0.29, 0.717) is 10.9 Å². The number of rotatable bonds is 4. The van der Waals surface area contributed by atoms with Gasteiger partial charge >= 0.3 is 0 Å². The molecule has 0 bridgehead atoms. The molecule has 0 saturated carbocycles. The molecule has 0 atom stereocenters. The monoisotopic (exact) mass is 299 g/mol. The summed E-state index contributed by atoms with van der Waals surface area (Å²) in [5.74, 6) is 0.414. The van der Waals surface area contributed by atoms with Crippen LogP contribution in [0.15, 0.2) is 42.5 Å². The third-order valence-electron chi connectivity index (χ3n) is 2.86. The highest BCUT2D eigenvalue weighted by atomic mass is 32.1. The molecule has 0 aliphatic carbocycles. The van der Waals surface area contributed by atoms with Gasteiger partial charge in [0, 0.05) is 0 Å². The number of nitrogens with one attached hydrogen (secondary N) is 1. The van der Waals surface area contributed by atoms with Crippen LogP contribution >= 0.6 is 11.3 Å². The zero-order chi connectivity index (χ0) is 14.7. The smallest absolute Gasteiger partial charge is 0.264 e. The Morgan fingerprint density at radius 2 is 2.00 bits per heavy atom. The number of hydrogen-bond donors (Lipinski definition) is 1. The van der Waals surface area contributed by atoms with E-state index in [0.717, 1.165) is 15.8 Å². The van der Waals surface area contributed by atoms with E-state index in [1.54, 1.807) is 0 Å². The van der Waals surface area contributed by atoms with Gasteiger partial charge in [0.25, 0.3) is 5.91 Å². The van der Waals surface area contributed by atoms with Crippen molar-refractivity contribution in [2.24, 2.45) is 0 Å². The molecule has 1 N–H and O–H groups in total. The van der Waals surface area contributed by atoms with Crippen LogP contribution < -0.4 is 10.1 Å². The van der Waals surface area contributed by atoms with E-state index >= 15 is 0 Å². The lowest BCUT2D eigenvalue weighted by Crippen LogP contribution is -2.20. The molecular formula is C15H13N3O2S. The molecule has 0 aliphatic heterocycles. The van der Waals surface area contributed by atoms with E-state index in [-0.39, 0.29) is 12.5 Å². The van der Waals surface area contributed by atoms with Gasteiger partial charge in [-0.3, -0.25) is 10.1 Å². The van der Waals surface area contributed by atoms with Gasteiger partial charge in [-0.15, -0.1) is 10.2 Å². The maximum absolute atomic E-state index is 11.8. The number of nitrogens with zero attached hydrogens (tertiary/aromatic N) is 2. The number of ether oxygens (including phenoxy) is 1. The molecule has 0 aliphatic rings. The summed E-state index contributed by atoms with van der Waals surface area (Å²) < 4.78 is 5.50. The van der Waals surface area contributed by atoms with Gasteiger partial charge < -0.3 is 4.74 Å². The number of carbonyl (C=O) groups excluding carboxylic acids is 1. The molecule has 1 heterocycles. The molecule has 5 nitrogen and oxygen atoms in total. The van der Waals surface area contributed by atoms with Crippen LogP contribution in [0, 0.1) is 6.92 Å². The van der Waals surface area contributed by atoms with E-state index in [1.165, 1.54) is 11.3 Å². The summed E-state index contributed by atoms with van der Waals surface area (Å²) in [7, 11) is 0. The minimum absolute atomic E-state index is 0.0586. The van der Waals surface area contributed by atoms with Crippen molar-refractivity contribution >= 4 is 33.1 Å². The number of amides is 1. The van der Waals surface area contributed by atoms with Crippen LogP contribution in [-0.2, 0) is 4.79 Å². The third-order valence-corrected chi connectivity index (χ3v) is 3.62. The van der Waals surface area contributed by atoms with Crippen molar-refractivity contribution in [3.05, 3.63) is 47.5 Å². The van der Waals surface area contributed by atoms with Crippen molar-refractivity contribution < 1.29 is 9.53 Å². The summed E-state index contributed by atoms with van der Waals surface area (Å²) >= 11 is 1.33. The predicted octanol–water partition coefficient (Wildman–Crippen LogP) is 3.02. The van der Waals surface area contributed by atoms with Gasteiger partial charge in [-0.2, -0.15) is 0 Å². The molecule has 6 heteroatoms. The summed E-state index contributed by atoms with van der Waals surface area (Å²) in [6.45, 7) is 1.77. The lowest BCUT2D eigenvalue weighted by molar-refractivity contribution is -0.118. The largest absolute Gasteiger partial charge is 0.484 e. The molecule has 0 spiro atoms. The quantitative estimate of drug-likeness (QED) is 0.804. The van der Waals surface area contributed by atoms with Crippen LogP contribution in [0.25, 0.3) is 10.8 Å². The van der Waals surface area contributed by atoms with Gasteiger partial charge in [0.05, 0.1) is 0 Å². The second-order valence-corrected chi connectivity index (χ2v) is 5.65. The van der Waals surface area contributed by atoms with E-state index in [1.807, 2.05) is 49.4 Å².